The fraction of sp³-hybridized carbons (Fsp3) is 0.792. The molecule has 7 atom stereocenters. The van der Waals surface area contributed by atoms with Crippen LogP contribution in [0.4, 0.5) is 0 Å². The first-order chi connectivity index (χ1) is 31.7. The maximum absolute atomic E-state index is 14.0. The second-order valence-electron chi connectivity index (χ2n) is 19.9. The van der Waals surface area contributed by atoms with E-state index in [0.717, 1.165) is 38.5 Å². The third-order valence-corrected chi connectivity index (χ3v) is 10.9. The topological polar surface area (TPSA) is 316 Å². The highest BCUT2D eigenvalue weighted by Gasteiger charge is 2.36. The number of carboxylic acid groups (broad SMARTS) is 3. The van der Waals surface area contributed by atoms with Crippen LogP contribution < -0.4 is 37.2 Å². The van der Waals surface area contributed by atoms with Crippen molar-refractivity contribution in [1.82, 2.24) is 37.2 Å². The zero-order chi connectivity index (χ0) is 52.3. The first-order valence-corrected chi connectivity index (χ1v) is 24.5. The van der Waals surface area contributed by atoms with Crippen molar-refractivity contribution in [2.24, 2.45) is 29.6 Å². The van der Waals surface area contributed by atoms with E-state index < -0.39 is 120 Å². The molecule has 390 valence electrons. The van der Waals surface area contributed by atoms with Crippen molar-refractivity contribution in [2.75, 3.05) is 0 Å². The zero-order valence-corrected chi connectivity index (χ0v) is 42.5. The van der Waals surface area contributed by atoms with Crippen LogP contribution in [0.1, 0.15) is 172 Å². The molecular formula is C48H85N7O13. The molecule has 0 aliphatic rings. The van der Waals surface area contributed by atoms with Crippen molar-refractivity contribution in [2.45, 2.75) is 215 Å². The average molecular weight is 968 g/mol. The molecule has 10 N–H and O–H groups in total. The lowest BCUT2D eigenvalue weighted by atomic mass is 9.98. The van der Waals surface area contributed by atoms with Crippen LogP contribution in [-0.4, -0.2) is 117 Å². The predicted molar refractivity (Wildman–Crippen MR) is 256 cm³/mol. The van der Waals surface area contributed by atoms with Crippen LogP contribution in [-0.2, 0) is 47.9 Å². The summed E-state index contributed by atoms with van der Waals surface area (Å²) in [5, 5.41) is 46.7. The fourth-order valence-electron chi connectivity index (χ4n) is 7.37. The van der Waals surface area contributed by atoms with Gasteiger partial charge in [-0.3, -0.25) is 43.2 Å². The number of hydrogen-bond donors (Lipinski definition) is 10. The van der Waals surface area contributed by atoms with Gasteiger partial charge in [-0.2, -0.15) is 0 Å². The number of unbranched alkanes of at least 4 members (excludes halogenated alkanes) is 6. The summed E-state index contributed by atoms with van der Waals surface area (Å²) in [4.78, 5) is 131. The van der Waals surface area contributed by atoms with E-state index >= 15 is 0 Å². The Bertz CT molecular complexity index is 1650. The van der Waals surface area contributed by atoms with Crippen molar-refractivity contribution in [1.29, 1.82) is 0 Å². The van der Waals surface area contributed by atoms with Crippen LogP contribution >= 0.6 is 0 Å². The molecule has 0 aliphatic carbocycles. The van der Waals surface area contributed by atoms with Crippen LogP contribution in [0.5, 0.6) is 0 Å². The van der Waals surface area contributed by atoms with Crippen LogP contribution in [0, 0.1) is 29.6 Å². The van der Waals surface area contributed by atoms with E-state index in [1.54, 1.807) is 55.4 Å². The van der Waals surface area contributed by atoms with Gasteiger partial charge in [0.05, 0.1) is 6.42 Å². The minimum atomic E-state index is -1.73. The van der Waals surface area contributed by atoms with Gasteiger partial charge >= 0.3 is 17.9 Å². The molecule has 0 rings (SSSR count). The Hall–Kier alpha value is -5.30. The molecule has 0 aliphatic heterocycles. The molecule has 7 amide bonds. The highest BCUT2D eigenvalue weighted by molar-refractivity contribution is 5.98. The molecule has 20 heteroatoms. The van der Waals surface area contributed by atoms with E-state index in [0.29, 0.717) is 6.42 Å². The average Bonchev–Trinajstić information content (AvgIpc) is 3.21. The molecule has 0 radical (unpaired) electrons. The lowest BCUT2D eigenvalue weighted by molar-refractivity contribution is -0.143. The van der Waals surface area contributed by atoms with Crippen molar-refractivity contribution in [3.63, 3.8) is 0 Å². The summed E-state index contributed by atoms with van der Waals surface area (Å²) in [6.45, 7) is 19.6. The zero-order valence-electron chi connectivity index (χ0n) is 42.5. The third kappa shape index (κ3) is 27.5. The Kier molecular flexibility index (Phi) is 30.6. The molecule has 0 aromatic heterocycles. The monoisotopic (exact) mass is 968 g/mol. The molecule has 0 aromatic rings. The second-order valence-corrected chi connectivity index (χ2v) is 19.9. The van der Waals surface area contributed by atoms with Crippen LogP contribution in [0.15, 0.2) is 0 Å². The number of nitrogens with one attached hydrogen (secondary N) is 7. The lowest BCUT2D eigenvalue weighted by Gasteiger charge is -2.29. The summed E-state index contributed by atoms with van der Waals surface area (Å²) in [6, 6.07) is -9.38. The van der Waals surface area contributed by atoms with E-state index in [2.05, 4.69) is 44.1 Å². The summed E-state index contributed by atoms with van der Waals surface area (Å²) in [5.41, 5.74) is 0. The van der Waals surface area contributed by atoms with Gasteiger partial charge in [-0.05, 0) is 68.1 Å². The molecular weight excluding hydrogens is 883 g/mol. The number of carbonyl (C=O) groups is 10. The number of carboxylic acids is 3. The van der Waals surface area contributed by atoms with Crippen molar-refractivity contribution in [3.05, 3.63) is 0 Å². The van der Waals surface area contributed by atoms with Gasteiger partial charge in [-0.15, -0.1) is 0 Å². The highest BCUT2D eigenvalue weighted by atomic mass is 16.4. The van der Waals surface area contributed by atoms with Gasteiger partial charge in [0.2, 0.25) is 41.4 Å². The number of rotatable bonds is 36. The molecule has 0 saturated heterocycles. The molecule has 0 fully saturated rings. The molecule has 0 saturated carbocycles. The Morgan fingerprint density at radius 2 is 0.750 bits per heavy atom. The van der Waals surface area contributed by atoms with Gasteiger partial charge in [-0.25, -0.2) is 4.79 Å². The summed E-state index contributed by atoms with van der Waals surface area (Å²) >= 11 is 0. The second kappa shape index (κ2) is 33.2. The first kappa shape index (κ1) is 62.7. The van der Waals surface area contributed by atoms with Crippen LogP contribution in [0.25, 0.3) is 0 Å². The van der Waals surface area contributed by atoms with Crippen LogP contribution in [0.2, 0.25) is 0 Å². The highest BCUT2D eigenvalue weighted by Crippen LogP contribution is 2.14. The van der Waals surface area contributed by atoms with Gasteiger partial charge in [0, 0.05) is 12.8 Å². The van der Waals surface area contributed by atoms with Crippen LogP contribution in [0.3, 0.4) is 0 Å². The molecule has 20 nitrogen and oxygen atoms in total. The SMILES string of the molecule is CCCCCCCCCC(=O)N[C@@H](CCC(=O)O)C(=O)N[C@@H](CC(C)C)C(=O)N[C@H](CC(C)C)C(=O)N[C@H](C(=O)N[C@@H](CC(=O)O)C(=O)N[C@H](CC(C)C)C(=O)N[C@@H](CC(C)C)C(=O)O)C(C)C. The lowest BCUT2D eigenvalue weighted by Crippen LogP contribution is -2.61. The Morgan fingerprint density at radius 1 is 0.382 bits per heavy atom. The third-order valence-electron chi connectivity index (χ3n) is 10.9. The number of amides is 7. The molecule has 0 heterocycles. The van der Waals surface area contributed by atoms with Gasteiger partial charge < -0.3 is 52.5 Å². The normalized spacial score (nSPS) is 14.5. The van der Waals surface area contributed by atoms with E-state index in [1.807, 2.05) is 13.8 Å². The quantitative estimate of drug-likeness (QED) is 0.0400. The predicted octanol–water partition coefficient (Wildman–Crippen LogP) is 3.79. The summed E-state index contributed by atoms with van der Waals surface area (Å²) < 4.78 is 0. The number of carbonyl (C=O) groups excluding carboxylic acids is 7. The van der Waals surface area contributed by atoms with E-state index in [1.165, 1.54) is 0 Å². The molecule has 0 bridgehead atoms. The van der Waals surface area contributed by atoms with E-state index in [4.69, 9.17) is 0 Å². The van der Waals surface area contributed by atoms with Gasteiger partial charge in [0.25, 0.3) is 0 Å². The number of aliphatic carboxylic acids is 3. The first-order valence-electron chi connectivity index (χ1n) is 24.5. The summed E-state index contributed by atoms with van der Waals surface area (Å²) in [6.07, 6.45) is 5.74. The molecule has 0 unspecified atom stereocenters. The standard InChI is InChI=1S/C48H85N7O13/c1-12-13-14-15-16-17-18-19-38(56)49-32(20-21-39(57)58)42(61)50-33(22-27(2)3)43(62)52-35(24-29(6)7)46(65)55-41(31(10)11)47(66)53-36(26-40(59)60)45(64)51-34(23-28(4)5)44(63)54-37(48(67)68)25-30(8)9/h27-37,41H,12-26H2,1-11H3,(H,49,56)(H,50,61)(H,51,64)(H,52,62)(H,53,66)(H,54,63)(H,55,65)(H,57,58)(H,59,60)(H,67,68)/t32-,33-,34+,35+,36-,37-,41-/m0/s1. The van der Waals surface area contributed by atoms with E-state index in [9.17, 15) is 63.3 Å². The summed E-state index contributed by atoms with van der Waals surface area (Å²) in [7, 11) is 0. The maximum Gasteiger partial charge on any atom is 0.326 e. The Labute approximate surface area is 403 Å². The maximum atomic E-state index is 14.0. The molecule has 0 spiro atoms. The van der Waals surface area contributed by atoms with Gasteiger partial charge in [0.15, 0.2) is 0 Å². The largest absolute Gasteiger partial charge is 0.481 e. The summed E-state index contributed by atoms with van der Waals surface area (Å²) in [5.74, 6) is -10.7. The van der Waals surface area contributed by atoms with Gasteiger partial charge in [-0.1, -0.05) is 115 Å². The van der Waals surface area contributed by atoms with Crippen molar-refractivity contribution < 1.29 is 63.3 Å². The van der Waals surface area contributed by atoms with Crippen molar-refractivity contribution >= 4 is 59.3 Å². The van der Waals surface area contributed by atoms with Gasteiger partial charge in [0.1, 0.15) is 42.3 Å². The molecule has 0 aromatic carbocycles. The minimum Gasteiger partial charge on any atom is -0.481 e. The smallest absolute Gasteiger partial charge is 0.326 e. The Balaban J connectivity index is 6.34. The minimum absolute atomic E-state index is 0.0515. The fourth-order valence-corrected chi connectivity index (χ4v) is 7.37. The Morgan fingerprint density at radius 3 is 1.15 bits per heavy atom. The molecule has 68 heavy (non-hydrogen) atoms. The van der Waals surface area contributed by atoms with E-state index in [-0.39, 0.29) is 62.2 Å². The van der Waals surface area contributed by atoms with Crippen molar-refractivity contribution in [3.8, 4) is 0 Å². The number of hydrogen-bond acceptors (Lipinski definition) is 10.